The molecule has 0 radical (unpaired) electrons. The van der Waals surface area contributed by atoms with Crippen molar-refractivity contribution < 1.29 is 9.53 Å². The molecule has 0 bridgehead atoms. The molecule has 0 saturated heterocycles. The largest absolute Gasteiger partial charge is 0.497 e. The maximum absolute atomic E-state index is 13.2. The van der Waals surface area contributed by atoms with E-state index in [0.29, 0.717) is 6.54 Å². The summed E-state index contributed by atoms with van der Waals surface area (Å²) in [6.07, 6.45) is 0.848. The zero-order chi connectivity index (χ0) is 17.9. The number of amides is 1. The van der Waals surface area contributed by atoms with Gasteiger partial charge in [0.05, 0.1) is 13.2 Å². The average molecular weight is 343 g/mol. The van der Waals surface area contributed by atoms with Gasteiger partial charge < -0.3 is 9.64 Å². The summed E-state index contributed by atoms with van der Waals surface area (Å²) >= 11 is 0. The van der Waals surface area contributed by atoms with Crippen LogP contribution in [0.3, 0.4) is 0 Å². The van der Waals surface area contributed by atoms with Gasteiger partial charge in [0.1, 0.15) is 5.75 Å². The van der Waals surface area contributed by atoms with E-state index in [2.05, 4.69) is 24.3 Å². The van der Waals surface area contributed by atoms with Gasteiger partial charge in [-0.05, 0) is 47.4 Å². The molecule has 1 amide bonds. The molecule has 1 atom stereocenters. The lowest BCUT2D eigenvalue weighted by Crippen LogP contribution is -2.40. The first-order chi connectivity index (χ1) is 12.8. The second-order valence-electron chi connectivity index (χ2n) is 6.49. The van der Waals surface area contributed by atoms with Crippen LogP contribution in [-0.2, 0) is 6.42 Å². The number of hydrogen-bond donors (Lipinski definition) is 0. The summed E-state index contributed by atoms with van der Waals surface area (Å²) in [6.45, 7) is 0.701. The summed E-state index contributed by atoms with van der Waals surface area (Å²) in [5, 5.41) is 0. The van der Waals surface area contributed by atoms with Crippen LogP contribution >= 0.6 is 0 Å². The van der Waals surface area contributed by atoms with Crippen LogP contribution in [0, 0.1) is 0 Å². The molecule has 0 N–H and O–H groups in total. The minimum absolute atomic E-state index is 0.0629. The maximum Gasteiger partial charge on any atom is 0.254 e. The standard InChI is InChI=1S/C23H21NO2/c1-26-20-13-12-17-14-15-24(23(25)19-10-6-3-7-11-19)22(21(17)16-20)18-8-4-2-5-9-18/h2-13,16,22H,14-15H2,1H3. The third-order valence-corrected chi connectivity index (χ3v) is 4.98. The molecule has 1 unspecified atom stereocenters. The monoisotopic (exact) mass is 343 g/mol. The van der Waals surface area contributed by atoms with Crippen LogP contribution in [0.5, 0.6) is 5.75 Å². The van der Waals surface area contributed by atoms with E-state index in [0.717, 1.165) is 28.9 Å². The molecular formula is C23H21NO2. The first-order valence-electron chi connectivity index (χ1n) is 8.85. The van der Waals surface area contributed by atoms with Crippen LogP contribution in [0.1, 0.15) is 33.1 Å². The molecule has 130 valence electrons. The van der Waals surface area contributed by atoms with Crippen molar-refractivity contribution in [3.63, 3.8) is 0 Å². The minimum atomic E-state index is -0.109. The highest BCUT2D eigenvalue weighted by Gasteiger charge is 2.32. The van der Waals surface area contributed by atoms with Crippen LogP contribution in [0.4, 0.5) is 0 Å². The lowest BCUT2D eigenvalue weighted by molar-refractivity contribution is 0.0694. The van der Waals surface area contributed by atoms with Crippen molar-refractivity contribution in [2.24, 2.45) is 0 Å². The van der Waals surface area contributed by atoms with E-state index < -0.39 is 0 Å². The van der Waals surface area contributed by atoms with Crippen LogP contribution in [0.15, 0.2) is 78.9 Å². The number of methoxy groups -OCH3 is 1. The molecule has 1 aliphatic heterocycles. The highest BCUT2D eigenvalue weighted by molar-refractivity contribution is 5.95. The summed E-state index contributed by atoms with van der Waals surface area (Å²) < 4.78 is 5.44. The molecule has 0 aliphatic carbocycles. The molecule has 0 fully saturated rings. The topological polar surface area (TPSA) is 29.5 Å². The molecule has 3 heteroatoms. The van der Waals surface area contributed by atoms with Gasteiger partial charge in [-0.1, -0.05) is 54.6 Å². The Bertz CT molecular complexity index is 906. The fourth-order valence-corrected chi connectivity index (χ4v) is 3.68. The van der Waals surface area contributed by atoms with Crippen LogP contribution in [0.25, 0.3) is 0 Å². The van der Waals surface area contributed by atoms with Crippen molar-refractivity contribution >= 4 is 5.91 Å². The Hall–Kier alpha value is -3.07. The van der Waals surface area contributed by atoms with Gasteiger partial charge in [-0.15, -0.1) is 0 Å². The van der Waals surface area contributed by atoms with Gasteiger partial charge in [-0.25, -0.2) is 0 Å². The molecule has 0 aromatic heterocycles. The van der Waals surface area contributed by atoms with E-state index in [1.807, 2.05) is 59.5 Å². The number of hydrogen-bond acceptors (Lipinski definition) is 2. The van der Waals surface area contributed by atoms with E-state index >= 15 is 0 Å². The number of carbonyl (C=O) groups excluding carboxylic acids is 1. The Labute approximate surface area is 153 Å². The van der Waals surface area contributed by atoms with E-state index in [1.54, 1.807) is 7.11 Å². The number of ether oxygens (including phenoxy) is 1. The second kappa shape index (κ2) is 7.04. The molecule has 3 aromatic rings. The Balaban J connectivity index is 1.82. The number of rotatable bonds is 3. The molecular weight excluding hydrogens is 322 g/mol. The Morgan fingerprint density at radius 3 is 2.35 bits per heavy atom. The molecule has 3 nitrogen and oxygen atoms in total. The number of carbonyl (C=O) groups is 1. The zero-order valence-electron chi connectivity index (χ0n) is 14.8. The maximum atomic E-state index is 13.2. The molecule has 1 heterocycles. The van der Waals surface area contributed by atoms with Crippen molar-refractivity contribution in [3.8, 4) is 5.75 Å². The number of fused-ring (bicyclic) bond motifs is 1. The van der Waals surface area contributed by atoms with E-state index in [4.69, 9.17) is 4.74 Å². The summed E-state index contributed by atoms with van der Waals surface area (Å²) in [4.78, 5) is 15.2. The van der Waals surface area contributed by atoms with Crippen molar-refractivity contribution in [1.82, 2.24) is 4.90 Å². The molecule has 1 aliphatic rings. The Kier molecular flexibility index (Phi) is 4.44. The third kappa shape index (κ3) is 2.97. The highest BCUT2D eigenvalue weighted by Crippen LogP contribution is 2.37. The smallest absolute Gasteiger partial charge is 0.254 e. The predicted octanol–water partition coefficient (Wildman–Crippen LogP) is 4.48. The van der Waals surface area contributed by atoms with Gasteiger partial charge in [0, 0.05) is 12.1 Å². The first-order valence-corrected chi connectivity index (χ1v) is 8.85. The van der Waals surface area contributed by atoms with Gasteiger partial charge >= 0.3 is 0 Å². The third-order valence-electron chi connectivity index (χ3n) is 4.98. The predicted molar refractivity (Wildman–Crippen MR) is 102 cm³/mol. The highest BCUT2D eigenvalue weighted by atomic mass is 16.5. The van der Waals surface area contributed by atoms with Crippen LogP contribution in [-0.4, -0.2) is 24.5 Å². The average Bonchev–Trinajstić information content (AvgIpc) is 2.73. The van der Waals surface area contributed by atoms with Crippen molar-refractivity contribution in [1.29, 1.82) is 0 Å². The Morgan fingerprint density at radius 2 is 1.65 bits per heavy atom. The van der Waals surface area contributed by atoms with Gasteiger partial charge in [-0.3, -0.25) is 4.79 Å². The van der Waals surface area contributed by atoms with Crippen LogP contribution < -0.4 is 4.74 Å². The fraction of sp³-hybridized carbons (Fsp3) is 0.174. The van der Waals surface area contributed by atoms with Crippen molar-refractivity contribution in [2.75, 3.05) is 13.7 Å². The van der Waals surface area contributed by atoms with E-state index in [9.17, 15) is 4.79 Å². The minimum Gasteiger partial charge on any atom is -0.497 e. The van der Waals surface area contributed by atoms with Crippen molar-refractivity contribution in [2.45, 2.75) is 12.5 Å². The number of nitrogens with zero attached hydrogens (tertiary/aromatic N) is 1. The normalized spacial score (nSPS) is 16.0. The summed E-state index contributed by atoms with van der Waals surface area (Å²) in [7, 11) is 1.68. The van der Waals surface area contributed by atoms with Gasteiger partial charge in [0.25, 0.3) is 5.91 Å². The van der Waals surface area contributed by atoms with Gasteiger partial charge in [0.15, 0.2) is 0 Å². The lowest BCUT2D eigenvalue weighted by atomic mass is 9.87. The molecule has 4 rings (SSSR count). The van der Waals surface area contributed by atoms with Crippen LogP contribution in [0.2, 0.25) is 0 Å². The quantitative estimate of drug-likeness (QED) is 0.701. The van der Waals surface area contributed by atoms with Crippen molar-refractivity contribution in [3.05, 3.63) is 101 Å². The zero-order valence-corrected chi connectivity index (χ0v) is 14.8. The van der Waals surface area contributed by atoms with E-state index in [-0.39, 0.29) is 11.9 Å². The summed E-state index contributed by atoms with van der Waals surface area (Å²) in [5.74, 6) is 0.881. The molecule has 26 heavy (non-hydrogen) atoms. The fourth-order valence-electron chi connectivity index (χ4n) is 3.68. The Morgan fingerprint density at radius 1 is 0.962 bits per heavy atom. The lowest BCUT2D eigenvalue weighted by Gasteiger charge is -2.38. The molecule has 0 saturated carbocycles. The second-order valence-corrected chi connectivity index (χ2v) is 6.49. The molecule has 0 spiro atoms. The molecule has 3 aromatic carbocycles. The summed E-state index contributed by atoms with van der Waals surface area (Å²) in [6, 6.07) is 25.8. The van der Waals surface area contributed by atoms with Gasteiger partial charge in [0.2, 0.25) is 0 Å². The first kappa shape index (κ1) is 16.4. The summed E-state index contributed by atoms with van der Waals surface area (Å²) in [5.41, 5.74) is 4.26. The SMILES string of the molecule is COc1ccc2c(c1)C(c1ccccc1)N(C(=O)c1ccccc1)CC2. The van der Waals surface area contributed by atoms with E-state index in [1.165, 1.54) is 5.56 Å². The number of benzene rings is 3. The van der Waals surface area contributed by atoms with Gasteiger partial charge in [-0.2, -0.15) is 0 Å².